The summed E-state index contributed by atoms with van der Waals surface area (Å²) >= 11 is 3.21. The highest BCUT2D eigenvalue weighted by atomic mass is 32.2. The first kappa shape index (κ1) is 18.7. The largest absolute Gasteiger partial charge is 0.335 e. The third-order valence-electron chi connectivity index (χ3n) is 5.07. The average Bonchev–Trinajstić information content (AvgIpc) is 3.06. The van der Waals surface area contributed by atoms with Gasteiger partial charge in [-0.15, -0.1) is 23.1 Å². The molecule has 4 rings (SSSR count). The number of amides is 1. The lowest BCUT2D eigenvalue weighted by molar-refractivity contribution is 0.0633. The van der Waals surface area contributed by atoms with E-state index in [-0.39, 0.29) is 16.4 Å². The highest BCUT2D eigenvalue weighted by molar-refractivity contribution is 8.02. The van der Waals surface area contributed by atoms with E-state index < -0.39 is 0 Å². The molecule has 2 aromatic rings. The first-order valence-corrected chi connectivity index (χ1v) is 11.0. The van der Waals surface area contributed by atoms with Crippen LogP contribution >= 0.6 is 23.1 Å². The van der Waals surface area contributed by atoms with Crippen LogP contribution in [-0.2, 0) is 6.54 Å². The molecule has 142 valence electrons. The second kappa shape index (κ2) is 7.41. The summed E-state index contributed by atoms with van der Waals surface area (Å²) in [6.45, 7) is 8.34. The maximum Gasteiger partial charge on any atom is 0.264 e. The summed E-state index contributed by atoms with van der Waals surface area (Å²) < 4.78 is 0.917. The fourth-order valence-electron chi connectivity index (χ4n) is 3.63. The van der Waals surface area contributed by atoms with Crippen molar-refractivity contribution in [2.75, 3.05) is 26.2 Å². The van der Waals surface area contributed by atoms with Crippen molar-refractivity contribution in [3.63, 3.8) is 0 Å². The van der Waals surface area contributed by atoms with E-state index in [2.05, 4.69) is 43.0 Å². The van der Waals surface area contributed by atoms with Gasteiger partial charge in [0.2, 0.25) is 0 Å². The summed E-state index contributed by atoms with van der Waals surface area (Å²) in [4.78, 5) is 30.4. The fraction of sp³-hybridized carbons (Fsp3) is 0.429. The van der Waals surface area contributed by atoms with Gasteiger partial charge in [0.1, 0.15) is 0 Å². The Morgan fingerprint density at radius 2 is 1.81 bits per heavy atom. The summed E-state index contributed by atoms with van der Waals surface area (Å²) in [5.74, 6) is 0.233. The van der Waals surface area contributed by atoms with Crippen LogP contribution in [0.2, 0.25) is 0 Å². The fourth-order valence-corrected chi connectivity index (χ4v) is 6.60. The highest BCUT2D eigenvalue weighted by Crippen LogP contribution is 2.46. The molecule has 0 radical (unpaired) electrons. The van der Waals surface area contributed by atoms with Gasteiger partial charge in [0.15, 0.2) is 5.78 Å². The van der Waals surface area contributed by atoms with Crippen LogP contribution in [0.1, 0.15) is 45.9 Å². The van der Waals surface area contributed by atoms with Crippen molar-refractivity contribution in [3.8, 4) is 0 Å². The summed E-state index contributed by atoms with van der Waals surface area (Å²) in [5.41, 5.74) is 2.05. The number of nitrogens with zero attached hydrogens (tertiary/aromatic N) is 2. The van der Waals surface area contributed by atoms with Gasteiger partial charge in [-0.3, -0.25) is 14.5 Å². The maximum atomic E-state index is 12.9. The van der Waals surface area contributed by atoms with Crippen molar-refractivity contribution in [3.05, 3.63) is 52.4 Å². The zero-order chi connectivity index (χ0) is 19.0. The standard InChI is InChI=1S/C21H24N2O2S2/c1-21(2)13-17(24)16-12-18(26-20(16)27-21)19(25)23-10-8-22(9-11-23)14-15-6-4-3-5-7-15/h3-7,12H,8-11,13-14H2,1-2H3. The molecular weight excluding hydrogens is 376 g/mol. The highest BCUT2D eigenvalue weighted by Gasteiger charge is 2.35. The molecule has 1 aromatic carbocycles. The predicted octanol–water partition coefficient (Wildman–Crippen LogP) is 4.16. The van der Waals surface area contributed by atoms with E-state index >= 15 is 0 Å². The van der Waals surface area contributed by atoms with Gasteiger partial charge in [-0.1, -0.05) is 30.3 Å². The van der Waals surface area contributed by atoms with Crippen LogP contribution in [0.5, 0.6) is 0 Å². The average molecular weight is 401 g/mol. The Balaban J connectivity index is 1.40. The van der Waals surface area contributed by atoms with Crippen molar-refractivity contribution in [2.24, 2.45) is 0 Å². The van der Waals surface area contributed by atoms with Crippen molar-refractivity contribution >= 4 is 34.8 Å². The van der Waals surface area contributed by atoms with Crippen LogP contribution in [0.25, 0.3) is 0 Å². The third-order valence-corrected chi connectivity index (χ3v) is 7.59. The van der Waals surface area contributed by atoms with Gasteiger partial charge in [-0.25, -0.2) is 0 Å². The SMILES string of the molecule is CC1(C)CC(=O)c2cc(C(=O)N3CCN(Cc4ccccc4)CC3)sc2S1. The van der Waals surface area contributed by atoms with E-state index in [0.717, 1.165) is 42.5 Å². The summed E-state index contributed by atoms with van der Waals surface area (Å²) in [6.07, 6.45) is 0.535. The molecule has 2 aliphatic heterocycles. The van der Waals surface area contributed by atoms with E-state index in [9.17, 15) is 9.59 Å². The lowest BCUT2D eigenvalue weighted by Gasteiger charge is -2.34. The zero-order valence-corrected chi connectivity index (χ0v) is 17.4. The minimum atomic E-state index is -0.0850. The van der Waals surface area contributed by atoms with Crippen molar-refractivity contribution in [1.82, 2.24) is 9.80 Å². The molecule has 0 N–H and O–H groups in total. The van der Waals surface area contributed by atoms with Crippen molar-refractivity contribution in [2.45, 2.75) is 35.8 Å². The normalized spacial score (nSPS) is 19.8. The molecule has 1 fully saturated rings. The van der Waals surface area contributed by atoms with Crippen LogP contribution in [0, 0.1) is 0 Å². The molecule has 0 aliphatic carbocycles. The Bertz CT molecular complexity index is 852. The Labute approximate surface area is 168 Å². The molecule has 27 heavy (non-hydrogen) atoms. The number of carbonyl (C=O) groups excluding carboxylic acids is 2. The molecule has 1 aromatic heterocycles. The lowest BCUT2D eigenvalue weighted by Crippen LogP contribution is -2.48. The topological polar surface area (TPSA) is 40.6 Å². The van der Waals surface area contributed by atoms with Crippen molar-refractivity contribution < 1.29 is 9.59 Å². The van der Waals surface area contributed by atoms with E-state index in [1.165, 1.54) is 16.9 Å². The summed E-state index contributed by atoms with van der Waals surface area (Å²) in [5, 5.41) is 0. The van der Waals surface area contributed by atoms with Gasteiger partial charge in [-0.2, -0.15) is 0 Å². The number of ketones is 1. The van der Waals surface area contributed by atoms with Crippen molar-refractivity contribution in [1.29, 1.82) is 0 Å². The van der Waals surface area contributed by atoms with E-state index in [1.807, 2.05) is 17.0 Å². The Hall–Kier alpha value is -1.63. The first-order chi connectivity index (χ1) is 12.9. The molecule has 0 unspecified atom stereocenters. The van der Waals surface area contributed by atoms with E-state index in [1.54, 1.807) is 11.8 Å². The van der Waals surface area contributed by atoms with Gasteiger partial charge in [0.25, 0.3) is 5.91 Å². The first-order valence-electron chi connectivity index (χ1n) is 9.33. The number of thioether (sulfide) groups is 1. The van der Waals surface area contributed by atoms with Gasteiger partial charge in [0.05, 0.1) is 9.09 Å². The summed E-state index contributed by atoms with van der Waals surface area (Å²) in [6, 6.07) is 12.3. The second-order valence-corrected chi connectivity index (χ2v) is 10.9. The number of benzene rings is 1. The Morgan fingerprint density at radius 1 is 1.11 bits per heavy atom. The van der Waals surface area contributed by atoms with Gasteiger partial charge >= 0.3 is 0 Å². The van der Waals surface area contributed by atoms with Gasteiger partial charge in [0, 0.05) is 49.5 Å². The van der Waals surface area contributed by atoms with Gasteiger partial charge in [-0.05, 0) is 25.5 Å². The number of Topliss-reactive ketones (excluding diaryl/α,β-unsaturated/α-hetero) is 1. The number of fused-ring (bicyclic) bond motifs is 1. The molecule has 4 nitrogen and oxygen atoms in total. The van der Waals surface area contributed by atoms with Crippen LogP contribution in [0.3, 0.4) is 0 Å². The zero-order valence-electron chi connectivity index (χ0n) is 15.7. The molecule has 1 saturated heterocycles. The Kier molecular flexibility index (Phi) is 5.14. The molecule has 0 spiro atoms. The third kappa shape index (κ3) is 4.13. The molecule has 1 amide bonds. The van der Waals surface area contributed by atoms with Crippen LogP contribution in [0.4, 0.5) is 0 Å². The maximum absolute atomic E-state index is 12.9. The minimum Gasteiger partial charge on any atom is -0.335 e. The monoisotopic (exact) mass is 400 g/mol. The second-order valence-electron chi connectivity index (χ2n) is 7.83. The number of hydrogen-bond donors (Lipinski definition) is 0. The Morgan fingerprint density at radius 3 is 2.52 bits per heavy atom. The molecule has 6 heteroatoms. The smallest absolute Gasteiger partial charge is 0.264 e. The quantitative estimate of drug-likeness (QED) is 0.776. The number of thiophene rings is 1. The van der Waals surface area contributed by atoms with Gasteiger partial charge < -0.3 is 4.90 Å². The van der Waals surface area contributed by atoms with E-state index in [4.69, 9.17) is 0 Å². The van der Waals surface area contributed by atoms with Crippen LogP contribution < -0.4 is 0 Å². The van der Waals surface area contributed by atoms with Crippen LogP contribution in [-0.4, -0.2) is 52.4 Å². The minimum absolute atomic E-state index is 0.0694. The summed E-state index contributed by atoms with van der Waals surface area (Å²) in [7, 11) is 0. The number of carbonyl (C=O) groups is 2. The molecule has 0 atom stereocenters. The number of piperazine rings is 1. The molecule has 0 saturated carbocycles. The van der Waals surface area contributed by atoms with E-state index in [0.29, 0.717) is 11.3 Å². The number of hydrogen-bond acceptors (Lipinski definition) is 5. The van der Waals surface area contributed by atoms with Crippen LogP contribution in [0.15, 0.2) is 40.6 Å². The molecular formula is C21H24N2O2S2. The molecule has 2 aliphatic rings. The molecule has 0 bridgehead atoms. The number of rotatable bonds is 3. The molecule has 3 heterocycles. The lowest BCUT2D eigenvalue weighted by atomic mass is 10.0. The predicted molar refractivity (Wildman–Crippen MR) is 111 cm³/mol.